The van der Waals surface area contributed by atoms with Crippen LogP contribution < -0.4 is 10.2 Å². The lowest BCUT2D eigenvalue weighted by Crippen LogP contribution is -2.36. The second-order valence-corrected chi connectivity index (χ2v) is 6.59. The highest BCUT2D eigenvalue weighted by molar-refractivity contribution is 5.97. The molecule has 2 heterocycles. The first kappa shape index (κ1) is 17.3. The van der Waals surface area contributed by atoms with E-state index in [0.29, 0.717) is 38.0 Å². The van der Waals surface area contributed by atoms with Gasteiger partial charge in [-0.25, -0.2) is 4.79 Å². The van der Waals surface area contributed by atoms with Crippen molar-refractivity contribution in [3.8, 4) is 0 Å². The Labute approximate surface area is 146 Å². The largest absolute Gasteiger partial charge is 0.481 e. The normalized spacial score (nSPS) is 19.7. The molecule has 0 aliphatic carbocycles. The topological polar surface area (TPSA) is 90.0 Å². The molecule has 1 unspecified atom stereocenters. The van der Waals surface area contributed by atoms with Crippen LogP contribution in [-0.4, -0.2) is 47.5 Å². The number of carboxylic acids is 1. The fourth-order valence-corrected chi connectivity index (χ4v) is 3.46. The number of urea groups is 1. The van der Waals surface area contributed by atoms with Crippen molar-refractivity contribution in [1.29, 1.82) is 0 Å². The summed E-state index contributed by atoms with van der Waals surface area (Å²) in [6, 6.07) is 5.30. The Morgan fingerprint density at radius 3 is 2.80 bits per heavy atom. The smallest absolute Gasteiger partial charge is 0.321 e. The maximum absolute atomic E-state index is 12.3. The number of carboxylic acid groups (broad SMARTS) is 1. The van der Waals surface area contributed by atoms with E-state index in [4.69, 9.17) is 5.11 Å². The highest BCUT2D eigenvalue weighted by Gasteiger charge is 2.31. The number of carbonyl (C=O) groups excluding carboxylic acids is 2. The molecule has 1 aromatic rings. The lowest BCUT2D eigenvalue weighted by molar-refractivity contribution is -0.141. The zero-order valence-corrected chi connectivity index (χ0v) is 14.3. The van der Waals surface area contributed by atoms with E-state index in [-0.39, 0.29) is 18.5 Å². The molecule has 7 nitrogen and oxygen atoms in total. The summed E-state index contributed by atoms with van der Waals surface area (Å²) in [5.74, 6) is -1.20. The van der Waals surface area contributed by atoms with Crippen molar-refractivity contribution in [2.45, 2.75) is 32.6 Å². The predicted molar refractivity (Wildman–Crippen MR) is 93.7 cm³/mol. The molecule has 0 spiro atoms. The molecule has 134 valence electrons. The summed E-state index contributed by atoms with van der Waals surface area (Å²) in [5, 5.41) is 11.9. The van der Waals surface area contributed by atoms with E-state index in [1.807, 2.05) is 24.0 Å². The first-order valence-corrected chi connectivity index (χ1v) is 8.71. The monoisotopic (exact) mass is 345 g/mol. The average molecular weight is 345 g/mol. The minimum Gasteiger partial charge on any atom is -0.481 e. The molecular weight excluding hydrogens is 322 g/mol. The average Bonchev–Trinajstić information content (AvgIpc) is 3.08. The number of amides is 3. The maximum Gasteiger partial charge on any atom is 0.321 e. The molecule has 0 saturated carbocycles. The van der Waals surface area contributed by atoms with Crippen LogP contribution in [-0.2, 0) is 16.0 Å². The highest BCUT2D eigenvalue weighted by atomic mass is 16.4. The second kappa shape index (κ2) is 7.13. The highest BCUT2D eigenvalue weighted by Crippen LogP contribution is 2.30. The number of fused-ring (bicyclic) bond motifs is 1. The number of benzene rings is 1. The van der Waals surface area contributed by atoms with Crippen LogP contribution in [0.25, 0.3) is 0 Å². The first-order chi connectivity index (χ1) is 12.0. The van der Waals surface area contributed by atoms with E-state index in [9.17, 15) is 14.4 Å². The summed E-state index contributed by atoms with van der Waals surface area (Å²) in [6.45, 7) is 3.43. The van der Waals surface area contributed by atoms with E-state index >= 15 is 0 Å². The zero-order chi connectivity index (χ0) is 18.0. The Hall–Kier alpha value is -2.57. The number of hydrogen-bond acceptors (Lipinski definition) is 3. The van der Waals surface area contributed by atoms with E-state index < -0.39 is 11.9 Å². The molecular formula is C18H23N3O4. The molecule has 7 heteroatoms. The third kappa shape index (κ3) is 3.60. The number of likely N-dealkylation sites (tertiary alicyclic amines) is 1. The van der Waals surface area contributed by atoms with Crippen molar-refractivity contribution in [3.05, 3.63) is 23.8 Å². The lowest BCUT2D eigenvalue weighted by Gasteiger charge is -2.29. The summed E-state index contributed by atoms with van der Waals surface area (Å²) < 4.78 is 0. The van der Waals surface area contributed by atoms with Crippen LogP contribution in [0.5, 0.6) is 0 Å². The Balaban J connectivity index is 1.69. The van der Waals surface area contributed by atoms with Gasteiger partial charge in [-0.1, -0.05) is 6.92 Å². The van der Waals surface area contributed by atoms with Crippen LogP contribution in [0.1, 0.15) is 31.7 Å². The van der Waals surface area contributed by atoms with Gasteiger partial charge in [-0.15, -0.1) is 0 Å². The van der Waals surface area contributed by atoms with E-state index in [1.165, 1.54) is 4.90 Å². The molecule has 3 amide bonds. The summed E-state index contributed by atoms with van der Waals surface area (Å²) in [4.78, 5) is 38.7. The molecule has 1 fully saturated rings. The fourth-order valence-electron chi connectivity index (χ4n) is 3.46. The maximum atomic E-state index is 12.3. The van der Waals surface area contributed by atoms with Crippen molar-refractivity contribution in [3.63, 3.8) is 0 Å². The van der Waals surface area contributed by atoms with E-state index in [0.717, 1.165) is 17.7 Å². The molecule has 0 bridgehead atoms. The minimum absolute atomic E-state index is 0.142. The fraction of sp³-hybridized carbons (Fsp3) is 0.500. The standard InChI is InChI=1S/C18H23N3O4/c1-2-8-21-15-5-4-14(10-12(15)3-6-16(21)22)19-18(25)20-9-7-13(11-20)17(23)24/h4-5,10,13H,2-3,6-9,11H2,1H3,(H,19,25)(H,23,24). The quantitative estimate of drug-likeness (QED) is 0.876. The molecule has 2 N–H and O–H groups in total. The van der Waals surface area contributed by atoms with Crippen LogP contribution in [0.15, 0.2) is 18.2 Å². The molecule has 1 saturated heterocycles. The van der Waals surface area contributed by atoms with Crippen molar-refractivity contribution < 1.29 is 19.5 Å². The van der Waals surface area contributed by atoms with Gasteiger partial charge >= 0.3 is 12.0 Å². The van der Waals surface area contributed by atoms with E-state index in [1.54, 1.807) is 6.07 Å². The number of nitrogens with one attached hydrogen (secondary N) is 1. The molecule has 3 rings (SSSR count). The van der Waals surface area contributed by atoms with Crippen LogP contribution >= 0.6 is 0 Å². The summed E-state index contributed by atoms with van der Waals surface area (Å²) in [6.07, 6.45) is 2.53. The number of rotatable bonds is 4. The molecule has 0 radical (unpaired) electrons. The summed E-state index contributed by atoms with van der Waals surface area (Å²) in [7, 11) is 0. The van der Waals surface area contributed by atoms with Crippen LogP contribution in [0.3, 0.4) is 0 Å². The molecule has 2 aliphatic rings. The third-order valence-electron chi connectivity index (χ3n) is 4.80. The predicted octanol–water partition coefficient (Wildman–Crippen LogP) is 2.31. The molecule has 25 heavy (non-hydrogen) atoms. The molecule has 1 atom stereocenters. The van der Waals surface area contributed by atoms with Crippen molar-refractivity contribution in [2.75, 3.05) is 29.9 Å². The Morgan fingerprint density at radius 1 is 1.32 bits per heavy atom. The number of anilines is 2. The number of carbonyl (C=O) groups is 3. The van der Waals surface area contributed by atoms with Gasteiger partial charge in [-0.2, -0.15) is 0 Å². The zero-order valence-electron chi connectivity index (χ0n) is 14.3. The van der Waals surface area contributed by atoms with Crippen LogP contribution in [0, 0.1) is 5.92 Å². The minimum atomic E-state index is -0.857. The number of hydrogen-bond donors (Lipinski definition) is 2. The second-order valence-electron chi connectivity index (χ2n) is 6.59. The van der Waals surface area contributed by atoms with Gasteiger partial charge in [0, 0.05) is 37.4 Å². The van der Waals surface area contributed by atoms with Gasteiger partial charge in [0.1, 0.15) is 0 Å². The first-order valence-electron chi connectivity index (χ1n) is 8.71. The van der Waals surface area contributed by atoms with Gasteiger partial charge in [-0.3, -0.25) is 9.59 Å². The SMILES string of the molecule is CCCN1C(=O)CCc2cc(NC(=O)N3CCC(C(=O)O)C3)ccc21. The third-order valence-corrected chi connectivity index (χ3v) is 4.80. The van der Waals surface area contributed by atoms with Gasteiger partial charge in [0.05, 0.1) is 5.92 Å². The Bertz CT molecular complexity index is 704. The van der Waals surface area contributed by atoms with Gasteiger partial charge < -0.3 is 20.2 Å². The molecule has 2 aliphatic heterocycles. The number of nitrogens with zero attached hydrogens (tertiary/aromatic N) is 2. The summed E-state index contributed by atoms with van der Waals surface area (Å²) >= 11 is 0. The molecule has 0 aromatic heterocycles. The number of aliphatic carboxylic acids is 1. The number of aryl methyl sites for hydroxylation is 1. The summed E-state index contributed by atoms with van der Waals surface area (Å²) in [5.41, 5.74) is 2.65. The van der Waals surface area contributed by atoms with Crippen LogP contribution in [0.2, 0.25) is 0 Å². The van der Waals surface area contributed by atoms with Gasteiger partial charge in [0.25, 0.3) is 0 Å². The van der Waals surface area contributed by atoms with Crippen molar-refractivity contribution >= 4 is 29.3 Å². The van der Waals surface area contributed by atoms with Crippen molar-refractivity contribution in [2.24, 2.45) is 5.92 Å². The van der Waals surface area contributed by atoms with Gasteiger partial charge in [0.15, 0.2) is 0 Å². The van der Waals surface area contributed by atoms with E-state index in [2.05, 4.69) is 5.32 Å². The van der Waals surface area contributed by atoms with Gasteiger partial charge in [0.2, 0.25) is 5.91 Å². The Morgan fingerprint density at radius 2 is 2.12 bits per heavy atom. The Kier molecular flexibility index (Phi) is 4.92. The van der Waals surface area contributed by atoms with Gasteiger partial charge in [-0.05, 0) is 43.0 Å². The van der Waals surface area contributed by atoms with Crippen molar-refractivity contribution in [1.82, 2.24) is 4.90 Å². The lowest BCUT2D eigenvalue weighted by atomic mass is 10.00. The van der Waals surface area contributed by atoms with Crippen LogP contribution in [0.4, 0.5) is 16.2 Å². The molecule has 1 aromatic carbocycles.